The van der Waals surface area contributed by atoms with Crippen LogP contribution in [0.25, 0.3) is 0 Å². The van der Waals surface area contributed by atoms with Crippen LogP contribution in [0.15, 0.2) is 16.6 Å². The Hall–Kier alpha value is -0.730. The second-order valence-electron chi connectivity index (χ2n) is 4.98. The van der Waals surface area contributed by atoms with E-state index in [1.54, 1.807) is 0 Å². The van der Waals surface area contributed by atoms with Gasteiger partial charge in [-0.05, 0) is 41.4 Å². The lowest BCUT2D eigenvalue weighted by molar-refractivity contribution is 0.560. The van der Waals surface area contributed by atoms with Crippen LogP contribution in [0.3, 0.4) is 0 Å². The quantitative estimate of drug-likeness (QED) is 0.534. The molecule has 0 saturated carbocycles. The van der Waals surface area contributed by atoms with E-state index in [9.17, 15) is 17.2 Å². The van der Waals surface area contributed by atoms with E-state index in [2.05, 4.69) is 26.0 Å². The molecule has 4 nitrogen and oxygen atoms in total. The van der Waals surface area contributed by atoms with Crippen LogP contribution in [-0.4, -0.2) is 26.8 Å². The second kappa shape index (κ2) is 8.05. The first kappa shape index (κ1) is 18.3. The highest BCUT2D eigenvalue weighted by molar-refractivity contribution is 9.10. The van der Waals surface area contributed by atoms with Crippen LogP contribution >= 0.6 is 15.9 Å². The molecule has 1 aromatic rings. The zero-order valence-corrected chi connectivity index (χ0v) is 14.3. The molecule has 1 rings (SSSR count). The smallest absolute Gasteiger partial charge is 0.232 e. The maximum Gasteiger partial charge on any atom is 0.232 e. The van der Waals surface area contributed by atoms with Crippen LogP contribution in [-0.2, 0) is 10.0 Å². The first-order valence-electron chi connectivity index (χ1n) is 6.59. The van der Waals surface area contributed by atoms with Gasteiger partial charge in [0.05, 0.1) is 15.9 Å². The predicted molar refractivity (Wildman–Crippen MR) is 83.8 cm³/mol. The Kier molecular flexibility index (Phi) is 7.02. The van der Waals surface area contributed by atoms with Crippen molar-refractivity contribution in [3.8, 4) is 0 Å². The summed E-state index contributed by atoms with van der Waals surface area (Å²) in [5.41, 5.74) is -0.261. The van der Waals surface area contributed by atoms with E-state index < -0.39 is 21.7 Å². The first-order valence-corrected chi connectivity index (χ1v) is 9.04. The number of hydrogen-bond donors (Lipinski definition) is 2. The topological polar surface area (TPSA) is 58.2 Å². The lowest BCUT2D eigenvalue weighted by Crippen LogP contribution is -2.24. The minimum absolute atomic E-state index is 0.00253. The van der Waals surface area contributed by atoms with E-state index in [0.717, 1.165) is 12.6 Å². The number of halogens is 3. The molecular weight excluding hydrogens is 366 g/mol. The average molecular weight is 385 g/mol. The lowest BCUT2D eigenvalue weighted by atomic mass is 10.3. The molecule has 0 aliphatic heterocycles. The minimum atomic E-state index is -3.65. The van der Waals surface area contributed by atoms with Gasteiger partial charge in [0.1, 0.15) is 11.6 Å². The van der Waals surface area contributed by atoms with Gasteiger partial charge in [-0.15, -0.1) is 0 Å². The van der Waals surface area contributed by atoms with Crippen molar-refractivity contribution in [2.75, 3.05) is 17.0 Å². The Balaban J connectivity index is 2.55. The Morgan fingerprint density at radius 3 is 2.48 bits per heavy atom. The largest absolute Gasteiger partial charge is 0.315 e. The fourth-order valence-corrected chi connectivity index (χ4v) is 3.15. The van der Waals surface area contributed by atoms with Crippen LogP contribution in [0.1, 0.15) is 26.7 Å². The molecule has 0 bridgehead atoms. The van der Waals surface area contributed by atoms with Crippen molar-refractivity contribution in [3.63, 3.8) is 0 Å². The zero-order chi connectivity index (χ0) is 16.0. The fourth-order valence-electron chi connectivity index (χ4n) is 1.63. The molecule has 0 amide bonds. The molecule has 2 N–H and O–H groups in total. The standard InChI is InChI=1S/C13H19BrF2N2O2S/c1-9(2)17-5-3-4-6-21(19,20)18-13-7-10(14)11(15)8-12(13)16/h7-9,17-18H,3-6H2,1-2H3. The Labute approximate surface area is 132 Å². The highest BCUT2D eigenvalue weighted by Crippen LogP contribution is 2.24. The van der Waals surface area contributed by atoms with Gasteiger partial charge in [0.2, 0.25) is 10.0 Å². The molecule has 0 aliphatic rings. The van der Waals surface area contributed by atoms with Crippen LogP contribution in [0.5, 0.6) is 0 Å². The molecule has 0 aliphatic carbocycles. The summed E-state index contributed by atoms with van der Waals surface area (Å²) in [7, 11) is -3.65. The van der Waals surface area contributed by atoms with E-state index in [-0.39, 0.29) is 15.9 Å². The van der Waals surface area contributed by atoms with Gasteiger partial charge < -0.3 is 5.32 Å². The molecule has 8 heteroatoms. The molecule has 0 saturated heterocycles. The summed E-state index contributed by atoms with van der Waals surface area (Å²) in [6.45, 7) is 4.74. The van der Waals surface area contributed by atoms with Crippen molar-refractivity contribution >= 4 is 31.6 Å². The first-order chi connectivity index (χ1) is 9.71. The molecule has 1 aromatic carbocycles. The van der Waals surface area contributed by atoms with E-state index in [4.69, 9.17) is 0 Å². The van der Waals surface area contributed by atoms with Crippen LogP contribution < -0.4 is 10.0 Å². The van der Waals surface area contributed by atoms with Crippen LogP contribution in [0, 0.1) is 11.6 Å². The molecule has 120 valence electrons. The molecular formula is C13H19BrF2N2O2S. The van der Waals surface area contributed by atoms with Gasteiger partial charge >= 0.3 is 0 Å². The Morgan fingerprint density at radius 1 is 1.19 bits per heavy atom. The fraction of sp³-hybridized carbons (Fsp3) is 0.538. The van der Waals surface area contributed by atoms with E-state index in [1.807, 2.05) is 13.8 Å². The van der Waals surface area contributed by atoms with E-state index in [1.165, 1.54) is 0 Å². The molecule has 0 spiro atoms. The highest BCUT2D eigenvalue weighted by Gasteiger charge is 2.15. The summed E-state index contributed by atoms with van der Waals surface area (Å²) in [6, 6.07) is 2.06. The van der Waals surface area contributed by atoms with Crippen LogP contribution in [0.4, 0.5) is 14.5 Å². The third-order valence-electron chi connectivity index (χ3n) is 2.67. The molecule has 21 heavy (non-hydrogen) atoms. The van der Waals surface area contributed by atoms with Crippen molar-refractivity contribution in [2.24, 2.45) is 0 Å². The number of sulfonamides is 1. The number of hydrogen-bond acceptors (Lipinski definition) is 3. The van der Waals surface area contributed by atoms with Crippen molar-refractivity contribution in [2.45, 2.75) is 32.7 Å². The molecule has 0 fully saturated rings. The number of benzene rings is 1. The Morgan fingerprint density at radius 2 is 1.86 bits per heavy atom. The highest BCUT2D eigenvalue weighted by atomic mass is 79.9. The van der Waals surface area contributed by atoms with Crippen molar-refractivity contribution in [1.29, 1.82) is 0 Å². The lowest BCUT2D eigenvalue weighted by Gasteiger charge is -2.10. The van der Waals surface area contributed by atoms with Gasteiger partial charge in [-0.1, -0.05) is 13.8 Å². The number of rotatable bonds is 8. The van der Waals surface area contributed by atoms with Crippen molar-refractivity contribution in [1.82, 2.24) is 5.32 Å². The normalized spacial score (nSPS) is 11.9. The zero-order valence-electron chi connectivity index (χ0n) is 11.9. The van der Waals surface area contributed by atoms with Gasteiger partial charge in [-0.25, -0.2) is 17.2 Å². The molecule has 0 atom stereocenters. The number of anilines is 1. The summed E-state index contributed by atoms with van der Waals surface area (Å²) in [5, 5.41) is 3.18. The monoisotopic (exact) mass is 384 g/mol. The van der Waals surface area contributed by atoms with Gasteiger partial charge in [-0.3, -0.25) is 4.72 Å². The summed E-state index contributed by atoms with van der Waals surface area (Å²) in [6.07, 6.45) is 1.16. The molecule has 0 aromatic heterocycles. The third-order valence-corrected chi connectivity index (χ3v) is 4.63. The van der Waals surface area contributed by atoms with Crippen molar-refractivity contribution in [3.05, 3.63) is 28.2 Å². The molecule has 0 heterocycles. The minimum Gasteiger partial charge on any atom is -0.315 e. The number of nitrogens with one attached hydrogen (secondary N) is 2. The summed E-state index contributed by atoms with van der Waals surface area (Å²) in [4.78, 5) is 0. The predicted octanol–water partition coefficient (Wildman–Crippen LogP) is 3.25. The van der Waals surface area contributed by atoms with Gasteiger partial charge in [0.25, 0.3) is 0 Å². The van der Waals surface area contributed by atoms with E-state index >= 15 is 0 Å². The summed E-state index contributed by atoms with van der Waals surface area (Å²) >= 11 is 2.89. The van der Waals surface area contributed by atoms with Gasteiger partial charge in [-0.2, -0.15) is 0 Å². The molecule has 0 radical (unpaired) electrons. The summed E-state index contributed by atoms with van der Waals surface area (Å²) < 4.78 is 52.4. The summed E-state index contributed by atoms with van der Waals surface area (Å²) in [5.74, 6) is -1.84. The average Bonchev–Trinajstić information content (AvgIpc) is 2.34. The van der Waals surface area contributed by atoms with E-state index in [0.29, 0.717) is 24.9 Å². The SMILES string of the molecule is CC(C)NCCCCS(=O)(=O)Nc1cc(Br)c(F)cc1F. The number of unbranched alkanes of at least 4 members (excludes halogenated alkanes) is 1. The maximum absolute atomic E-state index is 13.5. The molecule has 0 unspecified atom stereocenters. The van der Waals surface area contributed by atoms with Crippen molar-refractivity contribution < 1.29 is 17.2 Å². The third kappa shape index (κ3) is 6.71. The van der Waals surface area contributed by atoms with Gasteiger partial charge in [0, 0.05) is 12.1 Å². The maximum atomic E-state index is 13.5. The van der Waals surface area contributed by atoms with Gasteiger partial charge in [0.15, 0.2) is 0 Å². The Bertz CT molecular complexity index is 580. The second-order valence-corrected chi connectivity index (χ2v) is 7.68. The van der Waals surface area contributed by atoms with Crippen LogP contribution in [0.2, 0.25) is 0 Å².